The highest BCUT2D eigenvalue weighted by Crippen LogP contribution is 2.62. The molecule has 0 aromatic heterocycles. The molecular formula is C28H47NO. The first-order valence-corrected chi connectivity index (χ1v) is 12.8. The van der Waals surface area contributed by atoms with E-state index >= 15 is 0 Å². The van der Waals surface area contributed by atoms with Gasteiger partial charge in [0.2, 0.25) is 0 Å². The van der Waals surface area contributed by atoms with E-state index < -0.39 is 0 Å². The smallest absolute Gasteiger partial charge is 0.118 e. The molecular weight excluding hydrogens is 366 g/mol. The second kappa shape index (κ2) is 11.0. The largest absolute Gasteiger partial charge is 0.497 e. The summed E-state index contributed by atoms with van der Waals surface area (Å²) in [7, 11) is 1.75. The molecule has 3 saturated carbocycles. The summed E-state index contributed by atoms with van der Waals surface area (Å²) in [5, 5.41) is 0. The molecule has 0 amide bonds. The van der Waals surface area contributed by atoms with E-state index in [9.17, 15) is 0 Å². The van der Waals surface area contributed by atoms with Crippen molar-refractivity contribution in [3.63, 3.8) is 0 Å². The molecule has 1 aromatic carbocycles. The fraction of sp³-hybridized carbons (Fsp3) is 0.786. The van der Waals surface area contributed by atoms with Crippen LogP contribution in [0.4, 0.5) is 0 Å². The summed E-state index contributed by atoms with van der Waals surface area (Å²) in [5.41, 5.74) is 2.00. The molecule has 0 radical (unpaired) electrons. The molecule has 0 N–H and O–H groups in total. The lowest BCUT2D eigenvalue weighted by atomic mass is 9.44. The Bertz CT molecular complexity index is 622. The minimum absolute atomic E-state index is 0.570. The fourth-order valence-electron chi connectivity index (χ4n) is 6.38. The number of hydrogen-bond acceptors (Lipinski definition) is 2. The van der Waals surface area contributed by atoms with E-state index in [0.29, 0.717) is 5.41 Å². The third kappa shape index (κ3) is 5.61. The summed E-state index contributed by atoms with van der Waals surface area (Å²) in [4.78, 5) is 2.85. The fourth-order valence-corrected chi connectivity index (χ4v) is 6.38. The Kier molecular flexibility index (Phi) is 8.69. The van der Waals surface area contributed by atoms with Crippen molar-refractivity contribution in [3.05, 3.63) is 29.8 Å². The van der Waals surface area contributed by atoms with E-state index in [1.54, 1.807) is 7.11 Å². The predicted octanol–water partition coefficient (Wildman–Crippen LogP) is 7.71. The summed E-state index contributed by atoms with van der Waals surface area (Å²) < 4.78 is 5.36. The van der Waals surface area contributed by atoms with Gasteiger partial charge in [0.15, 0.2) is 0 Å². The van der Waals surface area contributed by atoms with Crippen LogP contribution < -0.4 is 4.74 Å². The van der Waals surface area contributed by atoms with Crippen LogP contribution in [0, 0.1) is 23.2 Å². The highest BCUT2D eigenvalue weighted by molar-refractivity contribution is 5.27. The lowest BCUT2D eigenvalue weighted by Gasteiger charge is -2.63. The van der Waals surface area contributed by atoms with Gasteiger partial charge in [-0.3, -0.25) is 4.90 Å². The van der Waals surface area contributed by atoms with E-state index in [1.165, 1.54) is 76.3 Å². The van der Waals surface area contributed by atoms with Gasteiger partial charge in [-0.05, 0) is 66.7 Å². The van der Waals surface area contributed by atoms with Crippen molar-refractivity contribution in [2.75, 3.05) is 13.7 Å². The van der Waals surface area contributed by atoms with Crippen LogP contribution in [0.3, 0.4) is 0 Å². The van der Waals surface area contributed by atoms with Crippen LogP contribution in [0.1, 0.15) is 97.5 Å². The van der Waals surface area contributed by atoms with Crippen molar-refractivity contribution in [2.24, 2.45) is 23.2 Å². The zero-order valence-corrected chi connectivity index (χ0v) is 20.5. The van der Waals surface area contributed by atoms with Crippen molar-refractivity contribution < 1.29 is 4.74 Å². The lowest BCUT2D eigenvalue weighted by molar-refractivity contribution is -0.140. The number of hydrogen-bond donors (Lipinski definition) is 0. The molecule has 4 rings (SSSR count). The van der Waals surface area contributed by atoms with Crippen LogP contribution in [-0.2, 0) is 6.54 Å². The maximum Gasteiger partial charge on any atom is 0.118 e. The van der Waals surface area contributed by atoms with Crippen LogP contribution in [0.2, 0.25) is 0 Å². The predicted molar refractivity (Wildman–Crippen MR) is 129 cm³/mol. The maximum atomic E-state index is 5.36. The molecule has 1 aromatic rings. The number of unbranched alkanes of at least 4 members (excludes halogenated alkanes) is 7. The highest BCUT2D eigenvalue weighted by Gasteiger charge is 2.56. The Morgan fingerprint density at radius 3 is 2.13 bits per heavy atom. The van der Waals surface area contributed by atoms with E-state index in [1.807, 2.05) is 0 Å². The van der Waals surface area contributed by atoms with Crippen LogP contribution in [0.5, 0.6) is 5.75 Å². The molecule has 4 atom stereocenters. The number of nitrogens with zero attached hydrogens (tertiary/aromatic N) is 1. The molecule has 2 bridgehead atoms. The van der Waals surface area contributed by atoms with Gasteiger partial charge in [0.1, 0.15) is 5.75 Å². The average Bonchev–Trinajstić information content (AvgIpc) is 2.75. The van der Waals surface area contributed by atoms with Crippen LogP contribution >= 0.6 is 0 Å². The number of fused-ring (bicyclic) bond motifs is 2. The standard InChI is InChI=1S/C28H47NO/c1-6-7-8-9-10-11-12-13-18-29(21-23-14-16-25(30-5)17-15-23)27-20-24-19-26(22(27)2)28(24,3)4/h14-17,22,24,26-27H,6-13,18-21H2,1-5H3/t22-,24+,26-,27-/m1/s1. The molecule has 170 valence electrons. The van der Waals surface area contributed by atoms with Crippen LogP contribution in [0.25, 0.3) is 0 Å². The van der Waals surface area contributed by atoms with E-state index in [0.717, 1.165) is 36.1 Å². The number of benzene rings is 1. The highest BCUT2D eigenvalue weighted by atomic mass is 16.5. The molecule has 0 aliphatic heterocycles. The van der Waals surface area contributed by atoms with Gasteiger partial charge < -0.3 is 4.74 Å². The summed E-state index contributed by atoms with van der Waals surface area (Å²) >= 11 is 0. The van der Waals surface area contributed by atoms with Crippen molar-refractivity contribution in [2.45, 2.75) is 104 Å². The van der Waals surface area contributed by atoms with Gasteiger partial charge in [-0.1, -0.05) is 84.8 Å². The zero-order chi connectivity index (χ0) is 21.6. The van der Waals surface area contributed by atoms with Crippen molar-refractivity contribution in [1.29, 1.82) is 0 Å². The maximum absolute atomic E-state index is 5.36. The molecule has 30 heavy (non-hydrogen) atoms. The number of ether oxygens (including phenoxy) is 1. The third-order valence-corrected chi connectivity index (χ3v) is 8.63. The number of rotatable bonds is 13. The molecule has 0 unspecified atom stereocenters. The molecule has 0 heterocycles. The molecule has 3 fully saturated rings. The Morgan fingerprint density at radius 1 is 0.933 bits per heavy atom. The van der Waals surface area contributed by atoms with Gasteiger partial charge in [-0.15, -0.1) is 0 Å². The Balaban J connectivity index is 1.55. The van der Waals surface area contributed by atoms with Crippen molar-refractivity contribution in [3.8, 4) is 5.75 Å². The summed E-state index contributed by atoms with van der Waals surface area (Å²) in [6, 6.07) is 9.52. The molecule has 0 spiro atoms. The van der Waals surface area contributed by atoms with Crippen molar-refractivity contribution in [1.82, 2.24) is 4.90 Å². The van der Waals surface area contributed by atoms with Crippen molar-refractivity contribution >= 4 is 0 Å². The summed E-state index contributed by atoms with van der Waals surface area (Å²) in [5.74, 6) is 3.62. The Labute approximate surface area is 186 Å². The van der Waals surface area contributed by atoms with Crippen LogP contribution in [0.15, 0.2) is 24.3 Å². The lowest BCUT2D eigenvalue weighted by Crippen LogP contribution is -2.60. The van der Waals surface area contributed by atoms with E-state index in [-0.39, 0.29) is 0 Å². The zero-order valence-electron chi connectivity index (χ0n) is 20.5. The van der Waals surface area contributed by atoms with E-state index in [4.69, 9.17) is 4.74 Å². The summed E-state index contributed by atoms with van der Waals surface area (Å²) in [6.07, 6.45) is 14.1. The molecule has 0 saturated heterocycles. The van der Waals surface area contributed by atoms with Gasteiger partial charge in [0.25, 0.3) is 0 Å². The summed E-state index contributed by atoms with van der Waals surface area (Å²) in [6.45, 7) is 12.2. The first-order chi connectivity index (χ1) is 14.5. The molecule has 2 nitrogen and oxygen atoms in total. The monoisotopic (exact) mass is 413 g/mol. The SMILES string of the molecule is CCCCCCCCCCN(Cc1ccc(OC)cc1)[C@@H]1C[C@@H]2C[C@H]([C@H]1C)C2(C)C. The molecule has 3 aliphatic rings. The first kappa shape index (κ1) is 23.6. The van der Waals surface area contributed by atoms with Gasteiger partial charge in [0.05, 0.1) is 7.11 Å². The van der Waals surface area contributed by atoms with Gasteiger partial charge in [-0.25, -0.2) is 0 Å². The second-order valence-corrected chi connectivity index (χ2v) is 10.8. The topological polar surface area (TPSA) is 12.5 Å². The van der Waals surface area contributed by atoms with Crippen LogP contribution in [-0.4, -0.2) is 24.6 Å². The Morgan fingerprint density at radius 2 is 1.57 bits per heavy atom. The average molecular weight is 414 g/mol. The number of methoxy groups -OCH3 is 1. The minimum Gasteiger partial charge on any atom is -0.497 e. The molecule has 3 aliphatic carbocycles. The van der Waals surface area contributed by atoms with Gasteiger partial charge >= 0.3 is 0 Å². The van der Waals surface area contributed by atoms with Gasteiger partial charge in [0, 0.05) is 12.6 Å². The normalized spacial score (nSPS) is 27.1. The quantitative estimate of drug-likeness (QED) is 0.307. The second-order valence-electron chi connectivity index (χ2n) is 10.8. The third-order valence-electron chi connectivity index (χ3n) is 8.63. The minimum atomic E-state index is 0.570. The Hall–Kier alpha value is -1.02. The molecule has 2 heteroatoms. The van der Waals surface area contributed by atoms with E-state index in [2.05, 4.69) is 56.9 Å². The first-order valence-electron chi connectivity index (χ1n) is 12.8. The van der Waals surface area contributed by atoms with Gasteiger partial charge in [-0.2, -0.15) is 0 Å².